The van der Waals surface area contributed by atoms with Crippen molar-refractivity contribution < 1.29 is 0 Å². The minimum atomic E-state index is 0.455. The zero-order valence-corrected chi connectivity index (χ0v) is 7.35. The van der Waals surface area contributed by atoms with Crippen molar-refractivity contribution >= 4 is 33.4 Å². The van der Waals surface area contributed by atoms with Crippen LogP contribution in [0.4, 0.5) is 0 Å². The van der Waals surface area contributed by atoms with E-state index in [0.29, 0.717) is 10.6 Å². The first-order valence-electron chi connectivity index (χ1n) is 3.13. The van der Waals surface area contributed by atoms with Gasteiger partial charge in [-0.25, -0.2) is 0 Å². The Labute approximate surface area is 77.4 Å². The van der Waals surface area contributed by atoms with Crippen molar-refractivity contribution in [3.05, 3.63) is 22.7 Å². The molecule has 0 unspecified atom stereocenters. The lowest BCUT2D eigenvalue weighted by molar-refractivity contribution is 1.20. The molecule has 0 aliphatic heterocycles. The first-order chi connectivity index (χ1) is 5.83. The number of benzene rings is 1. The summed E-state index contributed by atoms with van der Waals surface area (Å²) in [4.78, 5) is 0. The molecule has 0 bridgehead atoms. The number of halogens is 1. The van der Waals surface area contributed by atoms with Crippen LogP contribution in [0.5, 0.6) is 0 Å². The molecule has 0 radical (unpaired) electrons. The third-order valence-electron chi connectivity index (χ3n) is 1.48. The number of nitrogens with zero attached hydrogens (tertiary/aromatic N) is 3. The van der Waals surface area contributed by atoms with Crippen LogP contribution in [-0.4, -0.2) is 9.59 Å². The number of rotatable bonds is 0. The van der Waals surface area contributed by atoms with Gasteiger partial charge in [-0.2, -0.15) is 5.26 Å². The summed E-state index contributed by atoms with van der Waals surface area (Å²) in [7, 11) is 0. The predicted octanol–water partition coefficient (Wildman–Crippen LogP) is 2.22. The first kappa shape index (κ1) is 7.47. The molecule has 2 rings (SSSR count). The van der Waals surface area contributed by atoms with E-state index in [1.165, 1.54) is 11.5 Å². The average molecular weight is 196 g/mol. The molecule has 0 atom stereocenters. The van der Waals surface area contributed by atoms with Crippen LogP contribution in [0.2, 0.25) is 5.02 Å². The van der Waals surface area contributed by atoms with Gasteiger partial charge < -0.3 is 0 Å². The van der Waals surface area contributed by atoms with Crippen molar-refractivity contribution in [2.24, 2.45) is 0 Å². The van der Waals surface area contributed by atoms with Crippen molar-refractivity contribution in [2.45, 2.75) is 0 Å². The molecule has 2 aromatic rings. The topological polar surface area (TPSA) is 49.6 Å². The molecule has 12 heavy (non-hydrogen) atoms. The van der Waals surface area contributed by atoms with Crippen LogP contribution in [-0.2, 0) is 0 Å². The molecule has 0 aliphatic rings. The van der Waals surface area contributed by atoms with E-state index in [9.17, 15) is 0 Å². The maximum Gasteiger partial charge on any atom is 0.107 e. The molecule has 0 amide bonds. The standard InChI is InChI=1S/C7H2ClN3S/c8-5-1-2-6-7(4(5)3-9)12-11-10-6/h1-2H. The highest BCUT2D eigenvalue weighted by molar-refractivity contribution is 7.13. The lowest BCUT2D eigenvalue weighted by Crippen LogP contribution is -1.77. The lowest BCUT2D eigenvalue weighted by atomic mass is 10.2. The number of nitriles is 1. The summed E-state index contributed by atoms with van der Waals surface area (Å²) < 4.78 is 4.49. The van der Waals surface area contributed by atoms with Crippen molar-refractivity contribution in [2.75, 3.05) is 0 Å². The second-order valence-electron chi connectivity index (χ2n) is 2.16. The fraction of sp³-hybridized carbons (Fsp3) is 0. The Morgan fingerprint density at radius 1 is 1.50 bits per heavy atom. The van der Waals surface area contributed by atoms with Crippen LogP contribution in [0.15, 0.2) is 12.1 Å². The molecule has 1 aromatic heterocycles. The van der Waals surface area contributed by atoms with Gasteiger partial charge in [0.05, 0.1) is 15.3 Å². The number of hydrogen-bond acceptors (Lipinski definition) is 4. The van der Waals surface area contributed by atoms with Crippen LogP contribution in [0.1, 0.15) is 5.56 Å². The summed E-state index contributed by atoms with van der Waals surface area (Å²) in [6.45, 7) is 0. The predicted molar refractivity (Wildman–Crippen MR) is 47.1 cm³/mol. The summed E-state index contributed by atoms with van der Waals surface area (Å²) in [6.07, 6.45) is 0. The Morgan fingerprint density at radius 2 is 2.33 bits per heavy atom. The van der Waals surface area contributed by atoms with Crippen LogP contribution < -0.4 is 0 Å². The van der Waals surface area contributed by atoms with Gasteiger partial charge in [0, 0.05) is 0 Å². The molecule has 0 fully saturated rings. The molecule has 58 valence electrons. The van der Waals surface area contributed by atoms with Gasteiger partial charge in [-0.1, -0.05) is 16.1 Å². The van der Waals surface area contributed by atoms with Crippen LogP contribution >= 0.6 is 23.1 Å². The highest BCUT2D eigenvalue weighted by Crippen LogP contribution is 2.26. The van der Waals surface area contributed by atoms with E-state index < -0.39 is 0 Å². The molecule has 0 spiro atoms. The van der Waals surface area contributed by atoms with Gasteiger partial charge in [-0.05, 0) is 23.7 Å². The SMILES string of the molecule is N#Cc1c(Cl)ccc2nnsc12. The Morgan fingerprint density at radius 3 is 3.08 bits per heavy atom. The van der Waals surface area contributed by atoms with Gasteiger partial charge in [0.15, 0.2) is 0 Å². The van der Waals surface area contributed by atoms with E-state index in [-0.39, 0.29) is 0 Å². The Balaban J connectivity index is 2.94. The van der Waals surface area contributed by atoms with Gasteiger partial charge >= 0.3 is 0 Å². The normalized spacial score (nSPS) is 10.0. The van der Waals surface area contributed by atoms with Gasteiger partial charge in [0.1, 0.15) is 11.6 Å². The molecule has 0 aliphatic carbocycles. The molecule has 0 saturated heterocycles. The molecule has 1 aromatic carbocycles. The van der Waals surface area contributed by atoms with E-state index in [1.54, 1.807) is 12.1 Å². The van der Waals surface area contributed by atoms with E-state index in [0.717, 1.165) is 10.2 Å². The molecule has 0 N–H and O–H groups in total. The van der Waals surface area contributed by atoms with Crippen molar-refractivity contribution in [1.29, 1.82) is 5.26 Å². The average Bonchev–Trinajstić information content (AvgIpc) is 2.52. The van der Waals surface area contributed by atoms with Crippen molar-refractivity contribution in [3.8, 4) is 6.07 Å². The minimum absolute atomic E-state index is 0.455. The largest absolute Gasteiger partial charge is 0.192 e. The fourth-order valence-electron chi connectivity index (χ4n) is 0.928. The third-order valence-corrected chi connectivity index (χ3v) is 2.55. The maximum absolute atomic E-state index is 8.75. The monoisotopic (exact) mass is 195 g/mol. The molecular formula is C7H2ClN3S. The zero-order chi connectivity index (χ0) is 8.55. The van der Waals surface area contributed by atoms with Gasteiger partial charge in [0.25, 0.3) is 0 Å². The second-order valence-corrected chi connectivity index (χ2v) is 3.32. The third kappa shape index (κ3) is 0.951. The van der Waals surface area contributed by atoms with E-state index >= 15 is 0 Å². The fourth-order valence-corrected chi connectivity index (χ4v) is 1.84. The molecule has 5 heteroatoms. The lowest BCUT2D eigenvalue weighted by Gasteiger charge is -1.92. The summed E-state index contributed by atoms with van der Waals surface area (Å²) in [5.41, 5.74) is 1.19. The van der Waals surface area contributed by atoms with Crippen molar-refractivity contribution in [3.63, 3.8) is 0 Å². The Kier molecular flexibility index (Phi) is 1.68. The van der Waals surface area contributed by atoms with Gasteiger partial charge in [-0.3, -0.25) is 0 Å². The van der Waals surface area contributed by atoms with Gasteiger partial charge in [-0.15, -0.1) is 5.10 Å². The summed E-state index contributed by atoms with van der Waals surface area (Å²) >= 11 is 6.97. The van der Waals surface area contributed by atoms with E-state index in [2.05, 4.69) is 9.59 Å². The van der Waals surface area contributed by atoms with E-state index in [1.807, 2.05) is 6.07 Å². The number of fused-ring (bicyclic) bond motifs is 1. The highest BCUT2D eigenvalue weighted by Gasteiger charge is 2.07. The number of hydrogen-bond donors (Lipinski definition) is 0. The maximum atomic E-state index is 8.75. The molecule has 3 nitrogen and oxygen atoms in total. The van der Waals surface area contributed by atoms with Crippen LogP contribution in [0.3, 0.4) is 0 Å². The van der Waals surface area contributed by atoms with Crippen LogP contribution in [0.25, 0.3) is 10.2 Å². The van der Waals surface area contributed by atoms with E-state index in [4.69, 9.17) is 16.9 Å². The smallest absolute Gasteiger partial charge is 0.107 e. The van der Waals surface area contributed by atoms with Gasteiger partial charge in [0.2, 0.25) is 0 Å². The van der Waals surface area contributed by atoms with Crippen LogP contribution in [0, 0.1) is 11.3 Å². The highest BCUT2D eigenvalue weighted by atomic mass is 35.5. The molecule has 0 saturated carbocycles. The summed E-state index contributed by atoms with van der Waals surface area (Å²) in [5.74, 6) is 0. The quantitative estimate of drug-likeness (QED) is 0.648. The second kappa shape index (κ2) is 2.70. The number of aromatic nitrogens is 2. The van der Waals surface area contributed by atoms with Crippen molar-refractivity contribution in [1.82, 2.24) is 9.59 Å². The summed E-state index contributed by atoms with van der Waals surface area (Å²) in [5, 5.41) is 13.0. The Hall–Kier alpha value is -1.18. The minimum Gasteiger partial charge on any atom is -0.192 e. The zero-order valence-electron chi connectivity index (χ0n) is 5.78. The first-order valence-corrected chi connectivity index (χ1v) is 4.28. The molecule has 1 heterocycles. The summed E-state index contributed by atoms with van der Waals surface area (Å²) in [6, 6.07) is 5.43. The molecular weight excluding hydrogens is 194 g/mol. The Bertz CT molecular complexity index is 471.